The third kappa shape index (κ3) is 5.76. The third-order valence-electron chi connectivity index (χ3n) is 17.4. The molecule has 13 heteroatoms. The molecule has 0 aromatic rings. The zero-order chi connectivity index (χ0) is 39.3. The minimum atomic E-state index is -1.66. The van der Waals surface area contributed by atoms with Crippen molar-refractivity contribution < 1.29 is 64.6 Å². The van der Waals surface area contributed by atoms with Crippen LogP contribution in [0.3, 0.4) is 0 Å². The van der Waals surface area contributed by atoms with Gasteiger partial charge in [0, 0.05) is 5.41 Å². The number of hydrogen-bond acceptors (Lipinski definition) is 13. The number of rotatable bonds is 7. The van der Waals surface area contributed by atoms with E-state index in [1.54, 1.807) is 0 Å². The molecule has 2 saturated heterocycles. The number of allylic oxidation sites excluding steroid dienone is 1. The second kappa shape index (κ2) is 14.2. The molecule has 0 spiro atoms. The highest BCUT2D eigenvalue weighted by molar-refractivity contribution is 5.78. The Bertz CT molecular complexity index is 1430. The van der Waals surface area contributed by atoms with Crippen LogP contribution >= 0.6 is 0 Å². The molecule has 0 bridgehead atoms. The molecule has 20 unspecified atom stereocenters. The van der Waals surface area contributed by atoms with Gasteiger partial charge >= 0.3 is 5.97 Å². The molecule has 5 saturated carbocycles. The largest absolute Gasteiger partial charge is 0.432 e. The fraction of sp³-hybridized carbons (Fsp3) is 0.927. The summed E-state index contributed by atoms with van der Waals surface area (Å²) in [6, 6.07) is 0. The van der Waals surface area contributed by atoms with E-state index < -0.39 is 84.8 Å². The highest BCUT2D eigenvalue weighted by Gasteiger charge is 2.73. The summed E-state index contributed by atoms with van der Waals surface area (Å²) in [7, 11) is 0. The van der Waals surface area contributed by atoms with Crippen LogP contribution in [0.2, 0.25) is 0 Å². The van der Waals surface area contributed by atoms with Crippen LogP contribution in [0.1, 0.15) is 98.8 Å². The molecular formula is C41H66O13. The van der Waals surface area contributed by atoms with Crippen LogP contribution < -0.4 is 0 Å². The molecule has 7 fully saturated rings. The summed E-state index contributed by atoms with van der Waals surface area (Å²) in [5, 5.41) is 83.4. The van der Waals surface area contributed by atoms with Gasteiger partial charge in [-0.25, -0.2) is 0 Å². The predicted molar refractivity (Wildman–Crippen MR) is 193 cm³/mol. The van der Waals surface area contributed by atoms with Crippen LogP contribution in [-0.2, 0) is 23.7 Å². The average Bonchev–Trinajstić information content (AvgIpc) is 3.55. The molecule has 13 nitrogen and oxygen atoms in total. The van der Waals surface area contributed by atoms with Crippen LogP contribution in [-0.4, -0.2) is 128 Å². The Morgan fingerprint density at radius 3 is 2.13 bits per heavy atom. The number of aliphatic hydroxyl groups is 8. The average molecular weight is 767 g/mol. The molecule has 8 N–H and O–H groups in total. The number of carbonyl (C=O) groups is 1. The molecule has 7 rings (SSSR count). The van der Waals surface area contributed by atoms with Crippen molar-refractivity contribution in [2.75, 3.05) is 19.8 Å². The lowest BCUT2D eigenvalue weighted by Crippen LogP contribution is -2.68. The van der Waals surface area contributed by atoms with Gasteiger partial charge in [-0.15, -0.1) is 0 Å². The quantitative estimate of drug-likeness (QED) is 0.106. The highest BCUT2D eigenvalue weighted by Crippen LogP contribution is 2.77. The smallest absolute Gasteiger partial charge is 0.314 e. The molecular weight excluding hydrogens is 700 g/mol. The Balaban J connectivity index is 1.15. The summed E-state index contributed by atoms with van der Waals surface area (Å²) in [4.78, 5) is 14.5. The van der Waals surface area contributed by atoms with Gasteiger partial charge in [0.15, 0.2) is 6.29 Å². The van der Waals surface area contributed by atoms with Crippen LogP contribution in [0.15, 0.2) is 12.2 Å². The zero-order valence-corrected chi connectivity index (χ0v) is 32.7. The summed E-state index contributed by atoms with van der Waals surface area (Å²) < 4.78 is 23.7. The second-order valence-electron chi connectivity index (χ2n) is 19.5. The van der Waals surface area contributed by atoms with Gasteiger partial charge in [-0.2, -0.15) is 0 Å². The Morgan fingerprint density at radius 1 is 0.759 bits per heavy atom. The summed E-state index contributed by atoms with van der Waals surface area (Å²) in [6.07, 6.45) is -5.03. The molecule has 0 amide bonds. The van der Waals surface area contributed by atoms with Gasteiger partial charge in [0.05, 0.1) is 31.3 Å². The van der Waals surface area contributed by atoms with Crippen molar-refractivity contribution in [1.29, 1.82) is 0 Å². The highest BCUT2D eigenvalue weighted by atomic mass is 16.7. The standard InChI is InChI=1S/C41H66O13/c1-20(2)21-9-14-41(36(50)54-35-33(49)31(47)30(46)24(17-42)52-35)16-15-39(5)22(28(21)41)7-8-26-37(3)12-11-27(53-34-32(48)29(45)23(44)18-51-34)38(4,19-43)25(37)10-13-40(26,39)6/h21-35,42-49H,1,7-19H2,2-6H3. The predicted octanol–water partition coefficient (Wildman–Crippen LogP) is 1.78. The first-order valence-corrected chi connectivity index (χ1v) is 20.4. The van der Waals surface area contributed by atoms with Crippen LogP contribution in [0, 0.1) is 56.7 Å². The van der Waals surface area contributed by atoms with E-state index in [1.807, 2.05) is 6.92 Å². The topological polar surface area (TPSA) is 216 Å². The van der Waals surface area contributed by atoms with Gasteiger partial charge in [0.1, 0.15) is 42.7 Å². The van der Waals surface area contributed by atoms with Crippen molar-refractivity contribution >= 4 is 5.97 Å². The molecule has 308 valence electrons. The van der Waals surface area contributed by atoms with E-state index >= 15 is 0 Å². The molecule has 7 aliphatic rings. The molecule has 2 aliphatic heterocycles. The van der Waals surface area contributed by atoms with Crippen LogP contribution in [0.25, 0.3) is 0 Å². The fourth-order valence-electron chi connectivity index (χ4n) is 14.2. The van der Waals surface area contributed by atoms with Gasteiger partial charge in [-0.1, -0.05) is 39.8 Å². The summed E-state index contributed by atoms with van der Waals surface area (Å²) in [6.45, 7) is 15.0. The van der Waals surface area contributed by atoms with Gasteiger partial charge in [-0.05, 0) is 117 Å². The molecule has 0 aromatic heterocycles. The number of esters is 1. The van der Waals surface area contributed by atoms with Gasteiger partial charge in [-0.3, -0.25) is 4.79 Å². The van der Waals surface area contributed by atoms with Gasteiger partial charge in [0.2, 0.25) is 6.29 Å². The zero-order valence-electron chi connectivity index (χ0n) is 32.7. The van der Waals surface area contributed by atoms with Gasteiger partial charge in [0.25, 0.3) is 0 Å². The van der Waals surface area contributed by atoms with Crippen LogP contribution in [0.4, 0.5) is 0 Å². The first-order chi connectivity index (χ1) is 25.3. The third-order valence-corrected chi connectivity index (χ3v) is 17.4. The molecule has 0 aromatic carbocycles. The van der Waals surface area contributed by atoms with Gasteiger partial charge < -0.3 is 59.8 Å². The Labute approximate surface area is 319 Å². The minimum Gasteiger partial charge on any atom is -0.432 e. The Morgan fingerprint density at radius 2 is 1.46 bits per heavy atom. The maximum Gasteiger partial charge on any atom is 0.314 e. The van der Waals surface area contributed by atoms with Crippen molar-refractivity contribution in [2.45, 2.75) is 160 Å². The Hall–Kier alpha value is -1.23. The number of ether oxygens (including phenoxy) is 4. The van der Waals surface area contributed by atoms with E-state index in [0.717, 1.165) is 50.5 Å². The molecule has 20 atom stereocenters. The molecule has 5 aliphatic carbocycles. The fourth-order valence-corrected chi connectivity index (χ4v) is 14.2. The second-order valence-corrected chi connectivity index (χ2v) is 19.5. The molecule has 2 heterocycles. The first-order valence-electron chi connectivity index (χ1n) is 20.4. The maximum absolute atomic E-state index is 14.5. The van der Waals surface area contributed by atoms with E-state index in [1.165, 1.54) is 0 Å². The summed E-state index contributed by atoms with van der Waals surface area (Å²) >= 11 is 0. The lowest BCUT2D eigenvalue weighted by Gasteiger charge is -2.73. The monoisotopic (exact) mass is 766 g/mol. The van der Waals surface area contributed by atoms with E-state index in [4.69, 9.17) is 18.9 Å². The van der Waals surface area contributed by atoms with E-state index in [-0.39, 0.29) is 53.1 Å². The lowest BCUT2D eigenvalue weighted by atomic mass is 9.32. The van der Waals surface area contributed by atoms with E-state index in [9.17, 15) is 45.6 Å². The van der Waals surface area contributed by atoms with E-state index in [2.05, 4.69) is 34.3 Å². The van der Waals surface area contributed by atoms with Crippen molar-refractivity contribution in [3.05, 3.63) is 12.2 Å². The molecule has 0 radical (unpaired) electrons. The number of carbonyl (C=O) groups excluding carboxylic acids is 1. The van der Waals surface area contributed by atoms with Crippen molar-refractivity contribution in [3.63, 3.8) is 0 Å². The van der Waals surface area contributed by atoms with E-state index in [0.29, 0.717) is 25.2 Å². The van der Waals surface area contributed by atoms with Crippen molar-refractivity contribution in [3.8, 4) is 0 Å². The normalized spacial score (nSPS) is 55.8. The number of fused-ring (bicyclic) bond motifs is 7. The number of hydrogen-bond donors (Lipinski definition) is 8. The van der Waals surface area contributed by atoms with Crippen LogP contribution in [0.5, 0.6) is 0 Å². The Kier molecular flexibility index (Phi) is 10.8. The number of aliphatic hydroxyl groups excluding tert-OH is 8. The first kappa shape index (κ1) is 40.9. The van der Waals surface area contributed by atoms with Crippen molar-refractivity contribution in [2.24, 2.45) is 56.7 Å². The van der Waals surface area contributed by atoms with Crippen molar-refractivity contribution in [1.82, 2.24) is 0 Å². The lowest BCUT2D eigenvalue weighted by molar-refractivity contribution is -0.317. The summed E-state index contributed by atoms with van der Waals surface area (Å²) in [5.41, 5.74) is -0.760. The summed E-state index contributed by atoms with van der Waals surface area (Å²) in [5.74, 6) is 0.243. The SMILES string of the molecule is C=C(C)C1CCC2(C(=O)OC3OC(CO)C(O)C(O)C3O)CCC3(C)C(CCC4C5(C)CCC(OC6OCC(O)C(O)C6O)C(C)(CO)C5CCC43C)C12. The molecule has 54 heavy (non-hydrogen) atoms. The maximum atomic E-state index is 14.5. The minimum absolute atomic E-state index is 0.0444.